The Morgan fingerprint density at radius 3 is 2.34 bits per heavy atom. The molecular formula is C20H13F4IN4O2S. The van der Waals surface area contributed by atoms with Crippen molar-refractivity contribution in [2.24, 2.45) is 0 Å². The van der Waals surface area contributed by atoms with Gasteiger partial charge in [-0.05, 0) is 62.5 Å². The standard InChI is InChI=1S/C20H13F4IN4O2S/c1-19(2)17(31)28(11-4-3-10(9-26)14(7-11)20(22,23)24)18(32)29(19)12-5-6-13(15(21)8-12)16(30)27-25/h3-8H,1-2H3,(H,27,30). The molecule has 0 saturated carbocycles. The van der Waals surface area contributed by atoms with E-state index in [1.54, 1.807) is 22.9 Å². The van der Waals surface area contributed by atoms with Crippen molar-refractivity contribution in [2.45, 2.75) is 25.6 Å². The Kier molecular flexibility index (Phi) is 6.18. The highest BCUT2D eigenvalue weighted by atomic mass is 127. The Hall–Kier alpha value is -2.79. The van der Waals surface area contributed by atoms with Gasteiger partial charge in [-0.2, -0.15) is 18.4 Å². The van der Waals surface area contributed by atoms with E-state index in [9.17, 15) is 27.2 Å². The molecule has 0 spiro atoms. The molecule has 0 aromatic heterocycles. The van der Waals surface area contributed by atoms with Gasteiger partial charge in [0, 0.05) is 5.69 Å². The Morgan fingerprint density at radius 1 is 1.19 bits per heavy atom. The summed E-state index contributed by atoms with van der Waals surface area (Å²) in [7, 11) is 0. The van der Waals surface area contributed by atoms with E-state index in [4.69, 9.17) is 17.5 Å². The predicted octanol–water partition coefficient (Wildman–Crippen LogP) is 4.71. The van der Waals surface area contributed by atoms with Gasteiger partial charge in [0.25, 0.3) is 11.8 Å². The number of carbonyl (C=O) groups excluding carboxylic acids is 2. The largest absolute Gasteiger partial charge is 0.417 e. The normalized spacial score (nSPS) is 15.7. The zero-order chi connectivity index (χ0) is 24.0. The van der Waals surface area contributed by atoms with Crippen LogP contribution >= 0.6 is 35.1 Å². The molecule has 0 unspecified atom stereocenters. The first-order valence-electron chi connectivity index (χ1n) is 8.85. The van der Waals surface area contributed by atoms with Gasteiger partial charge in [-0.1, -0.05) is 0 Å². The molecule has 12 heteroatoms. The number of amides is 2. The van der Waals surface area contributed by atoms with Crippen molar-refractivity contribution >= 4 is 63.4 Å². The summed E-state index contributed by atoms with van der Waals surface area (Å²) in [5, 5.41) is 8.81. The summed E-state index contributed by atoms with van der Waals surface area (Å²) in [6.07, 6.45) is -4.82. The number of hydrogen-bond donors (Lipinski definition) is 1. The average Bonchev–Trinajstić information content (AvgIpc) is 2.90. The minimum Gasteiger partial charge on any atom is -0.303 e. The second kappa shape index (κ2) is 8.28. The van der Waals surface area contributed by atoms with Gasteiger partial charge in [0.2, 0.25) is 0 Å². The molecule has 32 heavy (non-hydrogen) atoms. The van der Waals surface area contributed by atoms with Crippen molar-refractivity contribution in [3.05, 3.63) is 58.9 Å². The van der Waals surface area contributed by atoms with Crippen molar-refractivity contribution < 1.29 is 27.2 Å². The molecule has 6 nitrogen and oxygen atoms in total. The Bertz CT molecular complexity index is 1190. The second-order valence-corrected chi connectivity index (χ2v) is 8.15. The lowest BCUT2D eigenvalue weighted by Crippen LogP contribution is -2.44. The summed E-state index contributed by atoms with van der Waals surface area (Å²) in [5.41, 5.74) is -3.43. The van der Waals surface area contributed by atoms with Crippen LogP contribution in [0.1, 0.15) is 35.3 Å². The quantitative estimate of drug-likeness (QED) is 0.248. The fourth-order valence-corrected chi connectivity index (χ4v) is 4.15. The van der Waals surface area contributed by atoms with E-state index in [2.05, 4.69) is 3.53 Å². The second-order valence-electron chi connectivity index (χ2n) is 7.24. The van der Waals surface area contributed by atoms with Gasteiger partial charge in [-0.15, -0.1) is 0 Å². The molecule has 2 amide bonds. The molecule has 1 heterocycles. The molecule has 2 aromatic carbocycles. The van der Waals surface area contributed by atoms with Gasteiger partial charge < -0.3 is 4.90 Å². The van der Waals surface area contributed by atoms with Gasteiger partial charge in [0.05, 0.1) is 51.3 Å². The number of nitrogens with one attached hydrogen (secondary N) is 1. The molecule has 3 rings (SSSR count). The molecule has 2 aromatic rings. The van der Waals surface area contributed by atoms with E-state index < -0.39 is 40.5 Å². The third-order valence-electron chi connectivity index (χ3n) is 4.90. The van der Waals surface area contributed by atoms with E-state index in [0.29, 0.717) is 6.07 Å². The number of benzene rings is 2. The topological polar surface area (TPSA) is 76.4 Å². The highest BCUT2D eigenvalue weighted by Crippen LogP contribution is 2.39. The number of carbonyl (C=O) groups is 2. The molecule has 1 saturated heterocycles. The van der Waals surface area contributed by atoms with E-state index in [1.165, 1.54) is 43.0 Å². The number of alkyl halides is 3. The first kappa shape index (κ1) is 23.9. The predicted molar refractivity (Wildman–Crippen MR) is 121 cm³/mol. The molecule has 0 atom stereocenters. The molecule has 1 fully saturated rings. The maximum absolute atomic E-state index is 14.5. The van der Waals surface area contributed by atoms with Gasteiger partial charge in [0.15, 0.2) is 5.11 Å². The number of hydrogen-bond acceptors (Lipinski definition) is 4. The summed E-state index contributed by atoms with van der Waals surface area (Å²) >= 11 is 6.95. The number of halogens is 5. The van der Waals surface area contributed by atoms with Gasteiger partial charge in [0.1, 0.15) is 11.4 Å². The van der Waals surface area contributed by atoms with Crippen LogP contribution < -0.4 is 13.3 Å². The lowest BCUT2D eigenvalue weighted by molar-refractivity contribution is -0.137. The summed E-state index contributed by atoms with van der Waals surface area (Å²) in [6.45, 7) is 2.97. The zero-order valence-corrected chi connectivity index (χ0v) is 19.4. The fraction of sp³-hybridized carbons (Fsp3) is 0.200. The van der Waals surface area contributed by atoms with Gasteiger partial charge in [-0.3, -0.25) is 18.0 Å². The molecule has 0 aliphatic carbocycles. The maximum atomic E-state index is 14.5. The summed E-state index contributed by atoms with van der Waals surface area (Å²) in [6, 6.07) is 7.92. The van der Waals surface area contributed by atoms with Crippen LogP contribution in [0.3, 0.4) is 0 Å². The molecule has 0 radical (unpaired) electrons. The van der Waals surface area contributed by atoms with E-state index >= 15 is 0 Å². The van der Waals surface area contributed by atoms with Crippen molar-refractivity contribution in [2.75, 3.05) is 9.80 Å². The fourth-order valence-electron chi connectivity index (χ4n) is 3.34. The molecular weight excluding hydrogens is 563 g/mol. The number of rotatable bonds is 3. The van der Waals surface area contributed by atoms with Crippen molar-refractivity contribution in [3.63, 3.8) is 0 Å². The van der Waals surface area contributed by atoms with Crippen molar-refractivity contribution in [1.82, 2.24) is 3.53 Å². The van der Waals surface area contributed by atoms with Crippen molar-refractivity contribution in [3.8, 4) is 6.07 Å². The Morgan fingerprint density at radius 2 is 1.81 bits per heavy atom. The summed E-state index contributed by atoms with van der Waals surface area (Å²) in [5.74, 6) is -2.17. The number of thiocarbonyl (C=S) groups is 1. The lowest BCUT2D eigenvalue weighted by atomic mass is 10.0. The van der Waals surface area contributed by atoms with Gasteiger partial charge >= 0.3 is 6.18 Å². The smallest absolute Gasteiger partial charge is 0.303 e. The zero-order valence-electron chi connectivity index (χ0n) is 16.4. The Labute approximate surface area is 199 Å². The summed E-state index contributed by atoms with van der Waals surface area (Å²) in [4.78, 5) is 27.1. The molecule has 0 bridgehead atoms. The molecule has 1 aliphatic rings. The first-order valence-corrected chi connectivity index (χ1v) is 10.3. The average molecular weight is 576 g/mol. The third-order valence-corrected chi connectivity index (χ3v) is 5.75. The minimum absolute atomic E-state index is 0.142. The van der Waals surface area contributed by atoms with E-state index in [1.807, 2.05) is 0 Å². The third kappa shape index (κ3) is 3.90. The molecule has 1 aliphatic heterocycles. The maximum Gasteiger partial charge on any atom is 0.417 e. The van der Waals surface area contributed by atoms with Crippen LogP contribution in [0.15, 0.2) is 36.4 Å². The number of nitriles is 1. The van der Waals surface area contributed by atoms with Crippen LogP contribution in [0.4, 0.5) is 28.9 Å². The first-order chi connectivity index (χ1) is 14.8. The van der Waals surface area contributed by atoms with Crippen LogP contribution in [-0.2, 0) is 11.0 Å². The SMILES string of the molecule is CC1(C)C(=O)N(c2ccc(C#N)c(C(F)(F)F)c2)C(=S)N1c1ccc(C(=O)NI)c(F)c1. The van der Waals surface area contributed by atoms with E-state index in [0.717, 1.165) is 17.0 Å². The van der Waals surface area contributed by atoms with Crippen LogP contribution in [-0.4, -0.2) is 22.5 Å². The van der Waals surface area contributed by atoms with Crippen LogP contribution in [0, 0.1) is 17.1 Å². The highest BCUT2D eigenvalue weighted by Gasteiger charge is 2.50. The lowest BCUT2D eigenvalue weighted by Gasteiger charge is -2.29. The molecule has 1 N–H and O–H groups in total. The van der Waals surface area contributed by atoms with Crippen LogP contribution in [0.25, 0.3) is 0 Å². The molecule has 166 valence electrons. The van der Waals surface area contributed by atoms with Crippen LogP contribution in [0.2, 0.25) is 0 Å². The minimum atomic E-state index is -4.82. The monoisotopic (exact) mass is 576 g/mol. The highest BCUT2D eigenvalue weighted by molar-refractivity contribution is 14.1. The number of nitrogens with zero attached hydrogens (tertiary/aromatic N) is 3. The van der Waals surface area contributed by atoms with Gasteiger partial charge in [-0.25, -0.2) is 4.39 Å². The number of anilines is 2. The van der Waals surface area contributed by atoms with E-state index in [-0.39, 0.29) is 22.1 Å². The summed E-state index contributed by atoms with van der Waals surface area (Å²) < 4.78 is 57.0. The van der Waals surface area contributed by atoms with Crippen molar-refractivity contribution in [1.29, 1.82) is 5.26 Å². The van der Waals surface area contributed by atoms with Crippen LogP contribution in [0.5, 0.6) is 0 Å². The Balaban J connectivity index is 2.10.